The lowest BCUT2D eigenvalue weighted by Gasteiger charge is -2.27. The van der Waals surface area contributed by atoms with Gasteiger partial charge < -0.3 is 11.1 Å². The fourth-order valence-corrected chi connectivity index (χ4v) is 4.23. The zero-order valence-electron chi connectivity index (χ0n) is 15.0. The number of amides is 1. The molecule has 1 aliphatic rings. The largest absolute Gasteiger partial charge is 0.366 e. The third-order valence-corrected chi connectivity index (χ3v) is 5.67. The minimum Gasteiger partial charge on any atom is -0.366 e. The van der Waals surface area contributed by atoms with Crippen molar-refractivity contribution < 1.29 is 4.79 Å². The van der Waals surface area contributed by atoms with Crippen molar-refractivity contribution >= 4 is 35.2 Å². The van der Waals surface area contributed by atoms with Crippen LogP contribution in [0.15, 0.2) is 65.2 Å². The predicted molar refractivity (Wildman–Crippen MR) is 109 cm³/mol. The van der Waals surface area contributed by atoms with E-state index in [0.717, 1.165) is 11.1 Å². The van der Waals surface area contributed by atoms with E-state index in [1.807, 2.05) is 36.4 Å². The van der Waals surface area contributed by atoms with Crippen LogP contribution in [0.25, 0.3) is 0 Å². The van der Waals surface area contributed by atoms with E-state index in [0.29, 0.717) is 33.2 Å². The number of nitrogens with two attached hydrogens (primary N) is 1. The first-order valence-electron chi connectivity index (χ1n) is 8.55. The molecule has 3 heterocycles. The SMILES string of the molecule is CC1=C(C(N)=O)[C@@H](c2cccnc2)n2nc(SCc3ccccc3Cl)nc2N1. The highest BCUT2D eigenvalue weighted by molar-refractivity contribution is 7.98. The van der Waals surface area contributed by atoms with E-state index in [1.54, 1.807) is 24.0 Å². The number of benzene rings is 1. The highest BCUT2D eigenvalue weighted by Gasteiger charge is 2.33. The Kier molecular flexibility index (Phi) is 5.06. The fourth-order valence-electron chi connectivity index (χ4n) is 3.12. The van der Waals surface area contributed by atoms with Gasteiger partial charge in [-0.2, -0.15) is 4.98 Å². The minimum absolute atomic E-state index is 0.438. The van der Waals surface area contributed by atoms with E-state index in [-0.39, 0.29) is 0 Å². The molecule has 0 unspecified atom stereocenters. The molecule has 0 aliphatic carbocycles. The Morgan fingerprint density at radius 3 is 2.86 bits per heavy atom. The molecule has 1 aliphatic heterocycles. The number of thioether (sulfide) groups is 1. The molecule has 2 aromatic heterocycles. The molecular formula is C19H17ClN6OS. The van der Waals surface area contributed by atoms with Crippen LogP contribution in [0.2, 0.25) is 5.02 Å². The maximum Gasteiger partial charge on any atom is 0.248 e. The number of hydrogen-bond donors (Lipinski definition) is 2. The van der Waals surface area contributed by atoms with Crippen LogP contribution in [-0.2, 0) is 10.5 Å². The number of fused-ring (bicyclic) bond motifs is 1. The molecule has 9 heteroatoms. The summed E-state index contributed by atoms with van der Waals surface area (Å²) in [6.45, 7) is 1.80. The summed E-state index contributed by atoms with van der Waals surface area (Å²) in [7, 11) is 0. The summed E-state index contributed by atoms with van der Waals surface area (Å²) >= 11 is 7.70. The number of hydrogen-bond acceptors (Lipinski definition) is 6. The monoisotopic (exact) mass is 412 g/mol. The normalized spacial score (nSPS) is 15.9. The molecule has 0 saturated heterocycles. The van der Waals surface area contributed by atoms with Gasteiger partial charge in [0.05, 0.1) is 5.57 Å². The first kappa shape index (κ1) is 18.5. The Labute approximate surface area is 171 Å². The number of halogens is 1. The van der Waals surface area contributed by atoms with Crippen molar-refractivity contribution in [3.05, 3.63) is 76.2 Å². The highest BCUT2D eigenvalue weighted by Crippen LogP contribution is 2.36. The number of primary amides is 1. The Morgan fingerprint density at radius 2 is 2.14 bits per heavy atom. The van der Waals surface area contributed by atoms with Crippen LogP contribution in [0.4, 0.5) is 5.95 Å². The van der Waals surface area contributed by atoms with Gasteiger partial charge in [0.2, 0.25) is 17.0 Å². The van der Waals surface area contributed by atoms with E-state index in [1.165, 1.54) is 11.8 Å². The fraction of sp³-hybridized carbons (Fsp3) is 0.158. The predicted octanol–water partition coefficient (Wildman–Crippen LogP) is 3.39. The standard InChI is InChI=1S/C19H17ClN6OS/c1-11-15(17(21)27)16(12-6-4-8-22-9-12)26-18(23-11)24-19(25-26)28-10-13-5-2-3-7-14(13)20/h2-9,16H,10H2,1H3,(H2,21,27)(H,23,24,25)/t16-/m1/s1. The Bertz CT molecular complexity index is 1070. The average Bonchev–Trinajstić information content (AvgIpc) is 3.09. The van der Waals surface area contributed by atoms with Crippen molar-refractivity contribution in [2.75, 3.05) is 5.32 Å². The summed E-state index contributed by atoms with van der Waals surface area (Å²) < 4.78 is 1.68. The summed E-state index contributed by atoms with van der Waals surface area (Å²) in [5.74, 6) is 0.679. The number of carbonyl (C=O) groups is 1. The van der Waals surface area contributed by atoms with Gasteiger partial charge in [-0.15, -0.1) is 5.10 Å². The maximum atomic E-state index is 12.1. The van der Waals surface area contributed by atoms with Gasteiger partial charge in [-0.1, -0.05) is 47.6 Å². The third-order valence-electron chi connectivity index (χ3n) is 4.41. The van der Waals surface area contributed by atoms with E-state index >= 15 is 0 Å². The number of carbonyl (C=O) groups excluding carboxylic acids is 1. The average molecular weight is 413 g/mol. The van der Waals surface area contributed by atoms with E-state index in [2.05, 4.69) is 20.4 Å². The second-order valence-corrected chi connectivity index (χ2v) is 7.61. The van der Waals surface area contributed by atoms with Gasteiger partial charge in [0.25, 0.3) is 0 Å². The quantitative estimate of drug-likeness (QED) is 0.623. The number of pyridine rings is 1. The second-order valence-electron chi connectivity index (χ2n) is 6.26. The zero-order chi connectivity index (χ0) is 19.7. The molecule has 0 radical (unpaired) electrons. The van der Waals surface area contributed by atoms with Crippen molar-refractivity contribution in [3.8, 4) is 0 Å². The van der Waals surface area contributed by atoms with Crippen molar-refractivity contribution in [2.45, 2.75) is 23.9 Å². The summed E-state index contributed by atoms with van der Waals surface area (Å²) in [6.07, 6.45) is 3.38. The molecule has 1 amide bonds. The summed E-state index contributed by atoms with van der Waals surface area (Å²) in [4.78, 5) is 20.9. The summed E-state index contributed by atoms with van der Waals surface area (Å²) in [6, 6.07) is 10.9. The second kappa shape index (κ2) is 7.65. The molecular weight excluding hydrogens is 396 g/mol. The molecule has 1 aromatic carbocycles. The van der Waals surface area contributed by atoms with E-state index in [9.17, 15) is 4.79 Å². The Balaban J connectivity index is 1.68. The van der Waals surface area contributed by atoms with Crippen LogP contribution in [-0.4, -0.2) is 25.7 Å². The first-order valence-corrected chi connectivity index (χ1v) is 9.91. The number of rotatable bonds is 5. The van der Waals surface area contributed by atoms with Crippen molar-refractivity contribution in [3.63, 3.8) is 0 Å². The molecule has 0 spiro atoms. The molecule has 28 heavy (non-hydrogen) atoms. The molecule has 4 rings (SSSR count). The van der Waals surface area contributed by atoms with Crippen LogP contribution in [0.1, 0.15) is 24.1 Å². The molecule has 142 valence electrons. The lowest BCUT2D eigenvalue weighted by molar-refractivity contribution is -0.115. The number of aromatic nitrogens is 4. The molecule has 3 N–H and O–H groups in total. The zero-order valence-corrected chi connectivity index (χ0v) is 16.5. The number of allylic oxidation sites excluding steroid dienone is 1. The summed E-state index contributed by atoms with van der Waals surface area (Å²) in [5, 5.41) is 9.03. The van der Waals surface area contributed by atoms with Crippen molar-refractivity contribution in [2.24, 2.45) is 5.73 Å². The van der Waals surface area contributed by atoms with Crippen molar-refractivity contribution in [1.29, 1.82) is 0 Å². The third kappa shape index (κ3) is 3.48. The number of nitrogens with zero attached hydrogens (tertiary/aromatic N) is 4. The van der Waals surface area contributed by atoms with Crippen LogP contribution in [0.5, 0.6) is 0 Å². The topological polar surface area (TPSA) is 98.7 Å². The van der Waals surface area contributed by atoms with Crippen LogP contribution in [0.3, 0.4) is 0 Å². The van der Waals surface area contributed by atoms with Crippen molar-refractivity contribution in [1.82, 2.24) is 19.7 Å². The molecule has 7 nitrogen and oxygen atoms in total. The molecule has 3 aromatic rings. The Hall–Kier alpha value is -2.84. The van der Waals surface area contributed by atoms with Gasteiger partial charge in [0.1, 0.15) is 6.04 Å². The highest BCUT2D eigenvalue weighted by atomic mass is 35.5. The number of anilines is 1. The van der Waals surface area contributed by atoms with Gasteiger partial charge in [-0.05, 0) is 30.2 Å². The van der Waals surface area contributed by atoms with Gasteiger partial charge in [0.15, 0.2) is 0 Å². The first-order chi connectivity index (χ1) is 13.5. The number of nitrogens with one attached hydrogen (secondary N) is 1. The smallest absolute Gasteiger partial charge is 0.248 e. The minimum atomic E-state index is -0.509. The van der Waals surface area contributed by atoms with Gasteiger partial charge >= 0.3 is 0 Å². The van der Waals surface area contributed by atoms with Gasteiger partial charge in [-0.25, -0.2) is 4.68 Å². The lowest BCUT2D eigenvalue weighted by atomic mass is 9.97. The molecule has 0 bridgehead atoms. The van der Waals surface area contributed by atoms with E-state index < -0.39 is 11.9 Å². The van der Waals surface area contributed by atoms with Gasteiger partial charge in [0, 0.05) is 28.9 Å². The van der Waals surface area contributed by atoms with Crippen LogP contribution < -0.4 is 11.1 Å². The Morgan fingerprint density at radius 1 is 1.32 bits per heavy atom. The van der Waals surface area contributed by atoms with E-state index in [4.69, 9.17) is 17.3 Å². The van der Waals surface area contributed by atoms with Crippen LogP contribution in [0, 0.1) is 0 Å². The van der Waals surface area contributed by atoms with Crippen LogP contribution >= 0.6 is 23.4 Å². The molecule has 0 saturated carbocycles. The lowest BCUT2D eigenvalue weighted by Crippen LogP contribution is -2.31. The maximum absolute atomic E-state index is 12.1. The molecule has 0 fully saturated rings. The van der Waals surface area contributed by atoms with Gasteiger partial charge in [-0.3, -0.25) is 9.78 Å². The molecule has 1 atom stereocenters. The summed E-state index contributed by atoms with van der Waals surface area (Å²) in [5.41, 5.74) is 8.57.